The van der Waals surface area contributed by atoms with E-state index in [2.05, 4.69) is 0 Å². The summed E-state index contributed by atoms with van der Waals surface area (Å²) in [5, 5.41) is 0. The molecule has 0 amide bonds. The Hall–Kier alpha value is -1.75. The monoisotopic (exact) mass is 267 g/mol. The fraction of sp³-hybridized carbons (Fsp3) is 0.500. The zero-order chi connectivity index (χ0) is 14.1. The molecule has 1 aromatic carbocycles. The standard InChI is InChI=1S/C14H21NO4/c1-3-17-10-11(2)19-14(16)8-9-18-13-6-4-12(15)5-7-13/h4-7,11H,3,8-10,15H2,1-2H3. The molecule has 106 valence electrons. The van der Waals surface area contributed by atoms with Gasteiger partial charge in [0.1, 0.15) is 11.9 Å². The molecule has 5 heteroatoms. The van der Waals surface area contributed by atoms with Gasteiger partial charge in [0, 0.05) is 12.3 Å². The van der Waals surface area contributed by atoms with E-state index in [4.69, 9.17) is 19.9 Å². The molecule has 0 spiro atoms. The van der Waals surface area contributed by atoms with Crippen molar-refractivity contribution in [3.8, 4) is 5.75 Å². The van der Waals surface area contributed by atoms with Gasteiger partial charge < -0.3 is 19.9 Å². The Kier molecular flexibility index (Phi) is 6.74. The maximum atomic E-state index is 11.5. The number of rotatable bonds is 8. The Bertz CT molecular complexity index is 378. The summed E-state index contributed by atoms with van der Waals surface area (Å²) in [6.45, 7) is 5.01. The lowest BCUT2D eigenvalue weighted by Crippen LogP contribution is -2.21. The molecule has 2 N–H and O–H groups in total. The second-order valence-corrected chi connectivity index (χ2v) is 4.13. The Labute approximate surface area is 113 Å². The molecule has 0 aliphatic carbocycles. The minimum absolute atomic E-state index is 0.209. The van der Waals surface area contributed by atoms with Crippen molar-refractivity contribution >= 4 is 11.7 Å². The van der Waals surface area contributed by atoms with Gasteiger partial charge in [-0.25, -0.2) is 0 Å². The van der Waals surface area contributed by atoms with Gasteiger partial charge in [-0.3, -0.25) is 4.79 Å². The maximum absolute atomic E-state index is 11.5. The SMILES string of the molecule is CCOCC(C)OC(=O)CCOc1ccc(N)cc1. The number of benzene rings is 1. The zero-order valence-electron chi connectivity index (χ0n) is 11.4. The number of carbonyl (C=O) groups is 1. The number of esters is 1. The summed E-state index contributed by atoms with van der Waals surface area (Å²) in [6.07, 6.45) is -0.0233. The van der Waals surface area contributed by atoms with Crippen LogP contribution in [0.3, 0.4) is 0 Å². The van der Waals surface area contributed by atoms with Crippen LogP contribution in [-0.2, 0) is 14.3 Å². The molecule has 0 fully saturated rings. The van der Waals surface area contributed by atoms with E-state index in [0.717, 1.165) is 0 Å². The summed E-state index contributed by atoms with van der Waals surface area (Å²) >= 11 is 0. The zero-order valence-corrected chi connectivity index (χ0v) is 11.4. The van der Waals surface area contributed by atoms with Gasteiger partial charge in [0.05, 0.1) is 19.6 Å². The van der Waals surface area contributed by atoms with Crippen molar-refractivity contribution < 1.29 is 19.0 Å². The molecular weight excluding hydrogens is 246 g/mol. The topological polar surface area (TPSA) is 70.8 Å². The van der Waals surface area contributed by atoms with Crippen molar-refractivity contribution in [1.29, 1.82) is 0 Å². The van der Waals surface area contributed by atoms with Crippen LogP contribution in [0, 0.1) is 0 Å². The summed E-state index contributed by atoms with van der Waals surface area (Å²) < 4.78 is 15.7. The van der Waals surface area contributed by atoms with Gasteiger partial charge in [-0.05, 0) is 38.1 Å². The van der Waals surface area contributed by atoms with Gasteiger partial charge in [-0.1, -0.05) is 0 Å². The molecule has 1 atom stereocenters. The second-order valence-electron chi connectivity index (χ2n) is 4.13. The molecular formula is C14H21NO4. The van der Waals surface area contributed by atoms with Gasteiger partial charge in [-0.15, -0.1) is 0 Å². The quantitative estimate of drug-likeness (QED) is 0.576. The number of hydrogen-bond acceptors (Lipinski definition) is 5. The highest BCUT2D eigenvalue weighted by atomic mass is 16.6. The first-order chi connectivity index (χ1) is 9.11. The van der Waals surface area contributed by atoms with Gasteiger partial charge in [0.25, 0.3) is 0 Å². The van der Waals surface area contributed by atoms with Crippen LogP contribution in [0.15, 0.2) is 24.3 Å². The van der Waals surface area contributed by atoms with Crippen LogP contribution in [0.2, 0.25) is 0 Å². The Balaban J connectivity index is 2.18. The fourth-order valence-corrected chi connectivity index (χ4v) is 1.42. The molecule has 0 radical (unpaired) electrons. The van der Waals surface area contributed by atoms with Crippen LogP contribution in [0.4, 0.5) is 5.69 Å². The minimum Gasteiger partial charge on any atom is -0.493 e. The van der Waals surface area contributed by atoms with E-state index < -0.39 is 0 Å². The molecule has 0 aliphatic heterocycles. The summed E-state index contributed by atoms with van der Waals surface area (Å²) in [6, 6.07) is 7.02. The maximum Gasteiger partial charge on any atom is 0.309 e. The summed E-state index contributed by atoms with van der Waals surface area (Å²) in [5.41, 5.74) is 6.23. The van der Waals surface area contributed by atoms with Crippen LogP contribution in [0.25, 0.3) is 0 Å². The number of ether oxygens (including phenoxy) is 3. The summed E-state index contributed by atoms with van der Waals surface area (Å²) in [5.74, 6) is 0.395. The van der Waals surface area contributed by atoms with Crippen molar-refractivity contribution in [2.45, 2.75) is 26.4 Å². The summed E-state index contributed by atoms with van der Waals surface area (Å²) in [7, 11) is 0. The Morgan fingerprint density at radius 1 is 1.32 bits per heavy atom. The molecule has 0 aromatic heterocycles. The van der Waals surface area contributed by atoms with Crippen LogP contribution < -0.4 is 10.5 Å². The van der Waals surface area contributed by atoms with E-state index in [9.17, 15) is 4.79 Å². The number of nitrogen functional groups attached to an aromatic ring is 1. The fourth-order valence-electron chi connectivity index (χ4n) is 1.42. The molecule has 1 aromatic rings. The van der Waals surface area contributed by atoms with Gasteiger partial charge in [-0.2, -0.15) is 0 Å². The van der Waals surface area contributed by atoms with Crippen molar-refractivity contribution in [1.82, 2.24) is 0 Å². The lowest BCUT2D eigenvalue weighted by molar-refractivity contribution is -0.151. The van der Waals surface area contributed by atoms with Crippen molar-refractivity contribution in [2.24, 2.45) is 0 Å². The lowest BCUT2D eigenvalue weighted by Gasteiger charge is -2.13. The van der Waals surface area contributed by atoms with E-state index in [0.29, 0.717) is 24.7 Å². The number of hydrogen-bond donors (Lipinski definition) is 1. The minimum atomic E-state index is -0.289. The molecule has 0 saturated heterocycles. The van der Waals surface area contributed by atoms with Crippen LogP contribution >= 0.6 is 0 Å². The van der Waals surface area contributed by atoms with Gasteiger partial charge in [0.2, 0.25) is 0 Å². The molecule has 0 saturated carbocycles. The number of carbonyl (C=O) groups excluding carboxylic acids is 1. The first-order valence-electron chi connectivity index (χ1n) is 6.37. The number of nitrogens with two attached hydrogens (primary N) is 1. The Morgan fingerprint density at radius 2 is 2.00 bits per heavy atom. The van der Waals surface area contributed by atoms with E-state index in [1.54, 1.807) is 31.2 Å². The van der Waals surface area contributed by atoms with E-state index >= 15 is 0 Å². The van der Waals surface area contributed by atoms with Crippen molar-refractivity contribution in [3.63, 3.8) is 0 Å². The smallest absolute Gasteiger partial charge is 0.309 e. The third-order valence-electron chi connectivity index (χ3n) is 2.34. The normalized spacial score (nSPS) is 11.9. The largest absolute Gasteiger partial charge is 0.493 e. The third kappa shape index (κ3) is 6.67. The number of anilines is 1. The molecule has 1 rings (SSSR count). The highest BCUT2D eigenvalue weighted by Gasteiger charge is 2.09. The predicted molar refractivity (Wildman–Crippen MR) is 73.0 cm³/mol. The van der Waals surface area contributed by atoms with Crippen LogP contribution in [-0.4, -0.2) is 31.9 Å². The first-order valence-corrected chi connectivity index (χ1v) is 6.37. The molecule has 5 nitrogen and oxygen atoms in total. The van der Waals surface area contributed by atoms with Crippen LogP contribution in [0.5, 0.6) is 5.75 Å². The van der Waals surface area contributed by atoms with E-state index in [1.165, 1.54) is 0 Å². The molecule has 0 heterocycles. The lowest BCUT2D eigenvalue weighted by atomic mass is 10.3. The molecule has 19 heavy (non-hydrogen) atoms. The highest BCUT2D eigenvalue weighted by molar-refractivity contribution is 5.69. The average Bonchev–Trinajstić information content (AvgIpc) is 2.38. The highest BCUT2D eigenvalue weighted by Crippen LogP contribution is 2.13. The second kappa shape index (κ2) is 8.37. The average molecular weight is 267 g/mol. The Morgan fingerprint density at radius 3 is 2.63 bits per heavy atom. The van der Waals surface area contributed by atoms with Gasteiger partial charge >= 0.3 is 5.97 Å². The molecule has 1 unspecified atom stereocenters. The molecule has 0 aliphatic rings. The van der Waals surface area contributed by atoms with E-state index in [1.807, 2.05) is 6.92 Å². The third-order valence-corrected chi connectivity index (χ3v) is 2.34. The molecule has 0 bridgehead atoms. The predicted octanol–water partition coefficient (Wildman–Crippen LogP) is 2.01. The van der Waals surface area contributed by atoms with Crippen LogP contribution in [0.1, 0.15) is 20.3 Å². The van der Waals surface area contributed by atoms with E-state index in [-0.39, 0.29) is 25.1 Å². The van der Waals surface area contributed by atoms with Crippen molar-refractivity contribution in [2.75, 3.05) is 25.6 Å². The van der Waals surface area contributed by atoms with Crippen molar-refractivity contribution in [3.05, 3.63) is 24.3 Å². The summed E-state index contributed by atoms with van der Waals surface area (Å²) in [4.78, 5) is 11.5. The first kappa shape index (κ1) is 15.3. The van der Waals surface area contributed by atoms with Gasteiger partial charge in [0.15, 0.2) is 0 Å².